The second-order valence-electron chi connectivity index (χ2n) is 5.29. The summed E-state index contributed by atoms with van der Waals surface area (Å²) in [6.45, 7) is 3.59. The van der Waals surface area contributed by atoms with E-state index < -0.39 is 6.10 Å². The summed E-state index contributed by atoms with van der Waals surface area (Å²) in [6, 6.07) is 13.6. The number of carbonyl (C=O) groups is 2. The van der Waals surface area contributed by atoms with Gasteiger partial charge in [-0.15, -0.1) is 0 Å². The number of hydrogen-bond acceptors (Lipinski definition) is 3. The topological polar surface area (TPSA) is 55.4 Å². The number of rotatable bonds is 6. The smallest absolute Gasteiger partial charge is 0.306 e. The Labute approximate surface area is 130 Å². The highest BCUT2D eigenvalue weighted by molar-refractivity contribution is 5.97. The zero-order valence-corrected chi connectivity index (χ0v) is 13.0. The number of fused-ring (bicyclic) bond motifs is 1. The summed E-state index contributed by atoms with van der Waals surface area (Å²) >= 11 is 0. The molecule has 4 heteroatoms. The van der Waals surface area contributed by atoms with Crippen LogP contribution in [0.1, 0.15) is 33.1 Å². The van der Waals surface area contributed by atoms with Gasteiger partial charge in [-0.05, 0) is 36.2 Å². The van der Waals surface area contributed by atoms with Crippen molar-refractivity contribution in [2.45, 2.75) is 39.2 Å². The lowest BCUT2D eigenvalue weighted by atomic mass is 10.1. The highest BCUT2D eigenvalue weighted by Gasteiger charge is 2.17. The van der Waals surface area contributed by atoms with Gasteiger partial charge >= 0.3 is 5.97 Å². The first kappa shape index (κ1) is 16.0. The van der Waals surface area contributed by atoms with Crippen LogP contribution in [0.3, 0.4) is 0 Å². The van der Waals surface area contributed by atoms with Gasteiger partial charge < -0.3 is 10.1 Å². The van der Waals surface area contributed by atoms with Gasteiger partial charge in [0.1, 0.15) is 0 Å². The van der Waals surface area contributed by atoms with Crippen LogP contribution in [-0.2, 0) is 14.3 Å². The third kappa shape index (κ3) is 4.32. The van der Waals surface area contributed by atoms with Crippen LogP contribution < -0.4 is 5.32 Å². The standard InChI is InChI=1S/C18H21NO3/c1-3-4-9-17(20)22-13(2)18(21)19-16-11-10-14-7-5-6-8-15(14)12-16/h5-8,10-13H,3-4,9H2,1-2H3,(H,19,21)/t13-/m0/s1. The molecule has 0 spiro atoms. The number of benzene rings is 2. The number of nitrogens with one attached hydrogen (secondary N) is 1. The maximum atomic E-state index is 12.1. The minimum Gasteiger partial charge on any atom is -0.453 e. The summed E-state index contributed by atoms with van der Waals surface area (Å²) in [5.41, 5.74) is 0.695. The molecular formula is C18H21NO3. The molecule has 0 saturated carbocycles. The first-order valence-electron chi connectivity index (χ1n) is 7.59. The molecule has 0 unspecified atom stereocenters. The number of esters is 1. The molecule has 0 aromatic heterocycles. The summed E-state index contributed by atoms with van der Waals surface area (Å²) in [5.74, 6) is -0.650. The van der Waals surface area contributed by atoms with Crippen molar-refractivity contribution in [1.29, 1.82) is 0 Å². The number of anilines is 1. The fourth-order valence-corrected chi connectivity index (χ4v) is 2.14. The summed E-state index contributed by atoms with van der Waals surface area (Å²) in [4.78, 5) is 23.6. The Kier molecular flexibility index (Phi) is 5.53. The highest BCUT2D eigenvalue weighted by atomic mass is 16.5. The summed E-state index contributed by atoms with van der Waals surface area (Å²) < 4.78 is 5.12. The predicted molar refractivity (Wildman–Crippen MR) is 87.7 cm³/mol. The molecule has 116 valence electrons. The van der Waals surface area contributed by atoms with E-state index in [1.165, 1.54) is 0 Å². The van der Waals surface area contributed by atoms with E-state index in [4.69, 9.17) is 4.74 Å². The van der Waals surface area contributed by atoms with E-state index in [-0.39, 0.29) is 11.9 Å². The van der Waals surface area contributed by atoms with Crippen LogP contribution in [0.2, 0.25) is 0 Å². The van der Waals surface area contributed by atoms with Gasteiger partial charge in [0.05, 0.1) is 0 Å². The van der Waals surface area contributed by atoms with E-state index in [0.717, 1.165) is 23.6 Å². The first-order valence-corrected chi connectivity index (χ1v) is 7.59. The molecule has 0 bridgehead atoms. The normalized spacial score (nSPS) is 11.9. The Bertz CT molecular complexity index is 666. The van der Waals surface area contributed by atoms with Crippen LogP contribution in [0.4, 0.5) is 5.69 Å². The molecule has 0 saturated heterocycles. The SMILES string of the molecule is CCCCC(=O)O[C@@H](C)C(=O)Nc1ccc2ccccc2c1. The van der Waals surface area contributed by atoms with E-state index in [1.807, 2.05) is 49.4 Å². The third-order valence-corrected chi connectivity index (χ3v) is 3.43. The van der Waals surface area contributed by atoms with Gasteiger partial charge in [0.2, 0.25) is 0 Å². The van der Waals surface area contributed by atoms with Gasteiger partial charge in [0, 0.05) is 12.1 Å². The molecule has 0 aliphatic rings. The molecule has 2 aromatic rings. The maximum Gasteiger partial charge on any atom is 0.306 e. The summed E-state index contributed by atoms with van der Waals surface area (Å²) in [7, 11) is 0. The monoisotopic (exact) mass is 299 g/mol. The van der Waals surface area contributed by atoms with Crippen molar-refractivity contribution in [3.05, 3.63) is 42.5 Å². The predicted octanol–water partition coefficient (Wildman–Crippen LogP) is 3.90. The molecule has 2 aromatic carbocycles. The van der Waals surface area contributed by atoms with Crippen molar-refractivity contribution in [1.82, 2.24) is 0 Å². The third-order valence-electron chi connectivity index (χ3n) is 3.43. The van der Waals surface area contributed by atoms with Gasteiger partial charge in [0.25, 0.3) is 5.91 Å². The molecule has 0 radical (unpaired) electrons. The number of carbonyl (C=O) groups excluding carboxylic acids is 2. The highest BCUT2D eigenvalue weighted by Crippen LogP contribution is 2.19. The second kappa shape index (κ2) is 7.59. The van der Waals surface area contributed by atoms with Crippen LogP contribution in [0.15, 0.2) is 42.5 Å². The van der Waals surface area contributed by atoms with Crippen LogP contribution in [0, 0.1) is 0 Å². The van der Waals surface area contributed by atoms with Crippen molar-refractivity contribution in [2.24, 2.45) is 0 Å². The van der Waals surface area contributed by atoms with E-state index in [0.29, 0.717) is 12.1 Å². The molecule has 1 atom stereocenters. The summed E-state index contributed by atoms with van der Waals surface area (Å²) in [5, 5.41) is 4.94. The molecule has 22 heavy (non-hydrogen) atoms. The first-order chi connectivity index (χ1) is 10.6. The Morgan fingerprint density at radius 3 is 2.59 bits per heavy atom. The molecule has 1 N–H and O–H groups in total. The van der Waals surface area contributed by atoms with Crippen molar-refractivity contribution in [2.75, 3.05) is 5.32 Å². The lowest BCUT2D eigenvalue weighted by molar-refractivity contribution is -0.153. The Hall–Kier alpha value is -2.36. The summed E-state index contributed by atoms with van der Waals surface area (Å²) in [6.07, 6.45) is 1.25. The molecule has 0 aliphatic carbocycles. The molecule has 2 rings (SSSR count). The zero-order chi connectivity index (χ0) is 15.9. The molecule has 0 fully saturated rings. The van der Waals surface area contributed by atoms with Crippen LogP contribution >= 0.6 is 0 Å². The number of unbranched alkanes of at least 4 members (excludes halogenated alkanes) is 1. The quantitative estimate of drug-likeness (QED) is 0.823. The van der Waals surface area contributed by atoms with Crippen LogP contribution in [0.5, 0.6) is 0 Å². The van der Waals surface area contributed by atoms with Gasteiger partial charge in [-0.25, -0.2) is 0 Å². The van der Waals surface area contributed by atoms with E-state index in [2.05, 4.69) is 5.32 Å². The van der Waals surface area contributed by atoms with Gasteiger partial charge in [-0.3, -0.25) is 9.59 Å². The average Bonchev–Trinajstić information content (AvgIpc) is 2.52. The van der Waals surface area contributed by atoms with E-state index in [1.54, 1.807) is 6.92 Å². The fourth-order valence-electron chi connectivity index (χ4n) is 2.14. The number of ether oxygens (including phenoxy) is 1. The largest absolute Gasteiger partial charge is 0.453 e. The zero-order valence-electron chi connectivity index (χ0n) is 13.0. The van der Waals surface area contributed by atoms with Crippen molar-refractivity contribution in [3.8, 4) is 0 Å². The number of amides is 1. The Balaban J connectivity index is 1.96. The second-order valence-corrected chi connectivity index (χ2v) is 5.29. The molecular weight excluding hydrogens is 278 g/mol. The van der Waals surface area contributed by atoms with E-state index >= 15 is 0 Å². The average molecular weight is 299 g/mol. The van der Waals surface area contributed by atoms with Crippen LogP contribution in [0.25, 0.3) is 10.8 Å². The van der Waals surface area contributed by atoms with Crippen molar-refractivity contribution >= 4 is 28.3 Å². The molecule has 1 amide bonds. The number of hydrogen-bond donors (Lipinski definition) is 1. The van der Waals surface area contributed by atoms with Crippen molar-refractivity contribution in [3.63, 3.8) is 0 Å². The minimum atomic E-state index is -0.796. The van der Waals surface area contributed by atoms with E-state index in [9.17, 15) is 9.59 Å². The Morgan fingerprint density at radius 2 is 1.86 bits per heavy atom. The van der Waals surface area contributed by atoms with Crippen molar-refractivity contribution < 1.29 is 14.3 Å². The molecule has 0 aliphatic heterocycles. The van der Waals surface area contributed by atoms with Gasteiger partial charge in [-0.1, -0.05) is 43.7 Å². The van der Waals surface area contributed by atoms with Crippen LogP contribution in [-0.4, -0.2) is 18.0 Å². The minimum absolute atomic E-state index is 0.319. The van der Waals surface area contributed by atoms with Gasteiger partial charge in [0.15, 0.2) is 6.10 Å². The molecule has 4 nitrogen and oxygen atoms in total. The van der Waals surface area contributed by atoms with Gasteiger partial charge in [-0.2, -0.15) is 0 Å². The fraction of sp³-hybridized carbons (Fsp3) is 0.333. The Morgan fingerprint density at radius 1 is 1.14 bits per heavy atom. The molecule has 0 heterocycles. The lowest BCUT2D eigenvalue weighted by Gasteiger charge is -2.13. The maximum absolute atomic E-state index is 12.1. The lowest BCUT2D eigenvalue weighted by Crippen LogP contribution is -2.29.